The molecule has 0 spiro atoms. The number of hydrogen-bond donors (Lipinski definition) is 2. The summed E-state index contributed by atoms with van der Waals surface area (Å²) in [6.07, 6.45) is 1.12. The Hall–Kier alpha value is -2.47. The largest absolute Gasteiger partial charge is 0.501 e. The summed E-state index contributed by atoms with van der Waals surface area (Å²) in [7, 11) is 0. The molecular formula is C20H20Cl2N4O6S. The van der Waals surface area contributed by atoms with E-state index in [1.54, 1.807) is 18.2 Å². The first-order valence-electron chi connectivity index (χ1n) is 10.2. The van der Waals surface area contributed by atoms with E-state index in [-0.39, 0.29) is 52.5 Å². The van der Waals surface area contributed by atoms with Crippen molar-refractivity contribution in [2.24, 2.45) is 0 Å². The van der Waals surface area contributed by atoms with Gasteiger partial charge in [0.1, 0.15) is 5.82 Å². The number of benzene rings is 1. The van der Waals surface area contributed by atoms with Crippen LogP contribution >= 0.6 is 23.2 Å². The second-order valence-corrected chi connectivity index (χ2v) is 9.56. The van der Waals surface area contributed by atoms with E-state index in [1.807, 2.05) is 0 Å². The van der Waals surface area contributed by atoms with Gasteiger partial charge in [-0.1, -0.05) is 29.3 Å². The third kappa shape index (κ3) is 4.37. The van der Waals surface area contributed by atoms with E-state index >= 15 is 0 Å². The SMILES string of the molecule is O=C1c2c(O)c(=O)nc([C@@H]3CCCN3C(=O)c3c(Cl)cccc3Cl)n2CCN1CCS(=O)O. The zero-order valence-corrected chi connectivity index (χ0v) is 19.6. The van der Waals surface area contributed by atoms with Gasteiger partial charge in [-0.25, -0.2) is 4.21 Å². The molecule has 2 N–H and O–H groups in total. The summed E-state index contributed by atoms with van der Waals surface area (Å²) in [5, 5.41) is 10.7. The molecule has 0 aliphatic carbocycles. The molecule has 2 amide bonds. The Balaban J connectivity index is 1.74. The van der Waals surface area contributed by atoms with Crippen molar-refractivity contribution in [1.82, 2.24) is 19.4 Å². The number of carbonyl (C=O) groups is 2. The molecule has 2 aliphatic heterocycles. The number of rotatable bonds is 5. The van der Waals surface area contributed by atoms with E-state index in [2.05, 4.69) is 4.98 Å². The molecule has 2 aromatic rings. The van der Waals surface area contributed by atoms with Gasteiger partial charge in [-0.15, -0.1) is 0 Å². The number of aromatic hydroxyl groups is 1. The van der Waals surface area contributed by atoms with E-state index in [4.69, 9.17) is 27.8 Å². The highest BCUT2D eigenvalue weighted by Gasteiger charge is 2.38. The van der Waals surface area contributed by atoms with Crippen LogP contribution in [0.5, 0.6) is 5.75 Å². The highest BCUT2D eigenvalue weighted by Crippen LogP contribution is 2.36. The van der Waals surface area contributed by atoms with Crippen molar-refractivity contribution in [2.75, 3.05) is 25.4 Å². The van der Waals surface area contributed by atoms with Crippen LogP contribution in [0, 0.1) is 0 Å². The fraction of sp³-hybridized carbons (Fsp3) is 0.400. The third-order valence-electron chi connectivity index (χ3n) is 5.80. The Morgan fingerprint density at radius 3 is 2.55 bits per heavy atom. The Kier molecular flexibility index (Phi) is 6.76. The fourth-order valence-electron chi connectivity index (χ4n) is 4.26. The topological polar surface area (TPSA) is 133 Å². The minimum Gasteiger partial charge on any atom is -0.501 e. The molecule has 1 unspecified atom stereocenters. The van der Waals surface area contributed by atoms with Gasteiger partial charge in [-0.2, -0.15) is 4.98 Å². The smallest absolute Gasteiger partial charge is 0.315 e. The number of aromatic nitrogens is 2. The molecule has 0 bridgehead atoms. The van der Waals surface area contributed by atoms with E-state index in [0.29, 0.717) is 19.4 Å². The lowest BCUT2D eigenvalue weighted by Gasteiger charge is -2.33. The summed E-state index contributed by atoms with van der Waals surface area (Å²) in [6, 6.07) is 4.12. The van der Waals surface area contributed by atoms with Gasteiger partial charge in [-0.05, 0) is 25.0 Å². The zero-order chi connectivity index (χ0) is 23.9. The molecule has 33 heavy (non-hydrogen) atoms. The van der Waals surface area contributed by atoms with Crippen LogP contribution < -0.4 is 5.56 Å². The number of halogens is 2. The fourth-order valence-corrected chi connectivity index (χ4v) is 5.19. The molecule has 2 atom stereocenters. The minimum absolute atomic E-state index is 0.00766. The molecule has 1 fully saturated rings. The van der Waals surface area contributed by atoms with Gasteiger partial charge in [-0.3, -0.25) is 14.4 Å². The van der Waals surface area contributed by atoms with Crippen LogP contribution in [0.25, 0.3) is 0 Å². The first-order valence-corrected chi connectivity index (χ1v) is 12.2. The van der Waals surface area contributed by atoms with Crippen LogP contribution in [0.4, 0.5) is 0 Å². The summed E-state index contributed by atoms with van der Waals surface area (Å²) < 4.78 is 21.5. The quantitative estimate of drug-likeness (QED) is 0.582. The summed E-state index contributed by atoms with van der Waals surface area (Å²) in [4.78, 5) is 45.6. The van der Waals surface area contributed by atoms with E-state index in [9.17, 15) is 23.7 Å². The molecule has 176 valence electrons. The van der Waals surface area contributed by atoms with Gasteiger partial charge in [0.25, 0.3) is 11.8 Å². The maximum absolute atomic E-state index is 13.3. The number of hydrogen-bond acceptors (Lipinski definition) is 6. The molecule has 0 saturated carbocycles. The third-order valence-corrected chi connectivity index (χ3v) is 6.96. The predicted octanol–water partition coefficient (Wildman–Crippen LogP) is 1.91. The summed E-state index contributed by atoms with van der Waals surface area (Å²) in [5.41, 5.74) is -1.07. The van der Waals surface area contributed by atoms with Crippen molar-refractivity contribution in [2.45, 2.75) is 25.4 Å². The van der Waals surface area contributed by atoms with Crippen molar-refractivity contribution in [3.8, 4) is 5.75 Å². The molecular weight excluding hydrogens is 495 g/mol. The van der Waals surface area contributed by atoms with Crippen LogP contribution in [-0.4, -0.2) is 70.4 Å². The van der Waals surface area contributed by atoms with Crippen LogP contribution in [-0.2, 0) is 17.6 Å². The molecule has 0 radical (unpaired) electrons. The summed E-state index contributed by atoms with van der Waals surface area (Å²) in [5.74, 6) is -1.81. The average Bonchev–Trinajstić information content (AvgIpc) is 3.25. The Morgan fingerprint density at radius 2 is 1.88 bits per heavy atom. The summed E-state index contributed by atoms with van der Waals surface area (Å²) in [6.45, 7) is 0.753. The van der Waals surface area contributed by atoms with Gasteiger partial charge >= 0.3 is 5.56 Å². The van der Waals surface area contributed by atoms with Gasteiger partial charge in [0, 0.05) is 26.2 Å². The monoisotopic (exact) mass is 514 g/mol. The van der Waals surface area contributed by atoms with Gasteiger partial charge in [0.2, 0.25) is 5.75 Å². The molecule has 3 heterocycles. The highest BCUT2D eigenvalue weighted by atomic mass is 35.5. The zero-order valence-electron chi connectivity index (χ0n) is 17.2. The van der Waals surface area contributed by atoms with E-state index < -0.39 is 40.2 Å². The van der Waals surface area contributed by atoms with Crippen LogP contribution in [0.15, 0.2) is 23.0 Å². The predicted molar refractivity (Wildman–Crippen MR) is 121 cm³/mol. The second-order valence-electron chi connectivity index (χ2n) is 7.70. The standard InChI is InChI=1S/C20H20Cl2N4O6S/c21-11-3-1-4-12(22)14(11)19(29)25-6-2-5-13(25)17-23-18(28)16(27)15-20(30)24(7-8-26(15)17)9-10-33(31)32/h1,3-4,13,27H,2,5-10H2,(H,31,32)/t13-/m0/s1. The number of likely N-dealkylation sites (tertiary alicyclic amines) is 1. The van der Waals surface area contributed by atoms with Crippen molar-refractivity contribution in [3.63, 3.8) is 0 Å². The maximum atomic E-state index is 13.3. The van der Waals surface area contributed by atoms with Crippen molar-refractivity contribution in [1.29, 1.82) is 0 Å². The number of fused-ring (bicyclic) bond motifs is 1. The molecule has 1 saturated heterocycles. The number of carbonyl (C=O) groups excluding carboxylic acids is 2. The van der Waals surface area contributed by atoms with Crippen molar-refractivity contribution < 1.29 is 23.5 Å². The molecule has 2 aliphatic rings. The molecule has 4 rings (SSSR count). The van der Waals surface area contributed by atoms with Gasteiger partial charge in [0.05, 0.1) is 27.4 Å². The van der Waals surface area contributed by atoms with Gasteiger partial charge < -0.3 is 24.0 Å². The van der Waals surface area contributed by atoms with Crippen LogP contribution in [0.3, 0.4) is 0 Å². The van der Waals surface area contributed by atoms with Crippen LogP contribution in [0.1, 0.15) is 45.6 Å². The average molecular weight is 515 g/mol. The maximum Gasteiger partial charge on any atom is 0.315 e. The lowest BCUT2D eigenvalue weighted by molar-refractivity contribution is 0.0689. The van der Waals surface area contributed by atoms with Crippen molar-refractivity contribution >= 4 is 46.1 Å². The molecule has 13 heteroatoms. The minimum atomic E-state index is -2.09. The van der Waals surface area contributed by atoms with E-state index in [0.717, 1.165) is 0 Å². The number of nitrogens with zero attached hydrogens (tertiary/aromatic N) is 4. The summed E-state index contributed by atoms with van der Waals surface area (Å²) >= 11 is 10.3. The van der Waals surface area contributed by atoms with E-state index in [1.165, 1.54) is 14.4 Å². The lowest BCUT2D eigenvalue weighted by Crippen LogP contribution is -2.45. The van der Waals surface area contributed by atoms with Crippen molar-refractivity contribution in [3.05, 3.63) is 55.7 Å². The molecule has 1 aromatic carbocycles. The lowest BCUT2D eigenvalue weighted by atomic mass is 10.1. The van der Waals surface area contributed by atoms with Gasteiger partial charge in [0.15, 0.2) is 16.8 Å². The normalized spacial score (nSPS) is 19.0. The first-order chi connectivity index (χ1) is 15.7. The Labute approximate surface area is 201 Å². The molecule has 1 aromatic heterocycles. The molecule has 10 nitrogen and oxygen atoms in total. The Morgan fingerprint density at radius 1 is 1.18 bits per heavy atom. The first kappa shape index (κ1) is 23.7. The van der Waals surface area contributed by atoms with Crippen LogP contribution in [0.2, 0.25) is 10.0 Å². The second kappa shape index (κ2) is 9.41. The highest BCUT2D eigenvalue weighted by molar-refractivity contribution is 7.79. The Bertz CT molecular complexity index is 1200. The number of amides is 2.